The van der Waals surface area contributed by atoms with Crippen LogP contribution in [0.1, 0.15) is 44.8 Å². The first kappa shape index (κ1) is 20.6. The van der Waals surface area contributed by atoms with Crippen LogP contribution in [0.15, 0.2) is 27.8 Å². The van der Waals surface area contributed by atoms with Crippen LogP contribution in [-0.4, -0.2) is 38.3 Å². The second kappa shape index (κ2) is 11.1. The summed E-state index contributed by atoms with van der Waals surface area (Å²) < 4.78 is 10.8. The van der Waals surface area contributed by atoms with Gasteiger partial charge in [0, 0.05) is 38.8 Å². The van der Waals surface area contributed by atoms with Crippen molar-refractivity contribution >= 4 is 29.9 Å². The maximum atomic E-state index is 5.40. The Kier molecular flexibility index (Phi) is 9.09. The highest BCUT2D eigenvalue weighted by molar-refractivity contribution is 14.0. The van der Waals surface area contributed by atoms with E-state index in [0.717, 1.165) is 62.7 Å². The zero-order valence-corrected chi connectivity index (χ0v) is 17.5. The molecule has 1 aromatic heterocycles. The van der Waals surface area contributed by atoms with Crippen LogP contribution in [0.5, 0.6) is 0 Å². The van der Waals surface area contributed by atoms with Crippen LogP contribution in [0, 0.1) is 11.8 Å². The van der Waals surface area contributed by atoms with Crippen molar-refractivity contribution < 1.29 is 9.15 Å². The molecule has 6 heteroatoms. The summed E-state index contributed by atoms with van der Waals surface area (Å²) in [7, 11) is 0. The zero-order chi connectivity index (χ0) is 16.6. The van der Waals surface area contributed by atoms with Crippen LogP contribution in [-0.2, 0) is 11.2 Å². The standard InChI is InChI=1S/C19H31N3O2.HI/c1-2-23-11-4-9-20-19(21-10-8-17-5-3-12-24-17)22-18-14-15-6-7-16(18)13-15;/h3,5,12,15-16,18H,2,4,6-11,13-14H2,1H3,(H2,20,21,22);1H. The molecule has 2 saturated carbocycles. The van der Waals surface area contributed by atoms with Crippen molar-refractivity contribution in [1.29, 1.82) is 0 Å². The molecule has 0 saturated heterocycles. The minimum Gasteiger partial charge on any atom is -0.469 e. The summed E-state index contributed by atoms with van der Waals surface area (Å²) >= 11 is 0. The molecule has 3 atom stereocenters. The third-order valence-electron chi connectivity index (χ3n) is 5.22. The fourth-order valence-electron chi connectivity index (χ4n) is 4.01. The van der Waals surface area contributed by atoms with Gasteiger partial charge in [0.25, 0.3) is 0 Å². The third-order valence-corrected chi connectivity index (χ3v) is 5.22. The van der Waals surface area contributed by atoms with E-state index in [9.17, 15) is 0 Å². The summed E-state index contributed by atoms with van der Waals surface area (Å²) in [5, 5.41) is 7.16. The van der Waals surface area contributed by atoms with Crippen LogP contribution in [0.3, 0.4) is 0 Å². The number of halogens is 1. The van der Waals surface area contributed by atoms with Gasteiger partial charge < -0.3 is 19.8 Å². The molecular weight excluding hydrogens is 429 g/mol. The number of hydrogen-bond acceptors (Lipinski definition) is 3. The van der Waals surface area contributed by atoms with Crippen molar-refractivity contribution in [1.82, 2.24) is 10.6 Å². The van der Waals surface area contributed by atoms with Gasteiger partial charge in [-0.15, -0.1) is 24.0 Å². The SMILES string of the molecule is CCOCCCN=C(NCCc1ccco1)NC1CC2CCC1C2.I. The Balaban J connectivity index is 0.00000225. The Hall–Kier alpha value is -0.760. The summed E-state index contributed by atoms with van der Waals surface area (Å²) in [6, 6.07) is 4.56. The van der Waals surface area contributed by atoms with Gasteiger partial charge in [0.2, 0.25) is 0 Å². The fraction of sp³-hybridized carbons (Fsp3) is 0.737. The molecule has 3 unspecified atom stereocenters. The molecule has 0 aromatic carbocycles. The molecule has 2 fully saturated rings. The van der Waals surface area contributed by atoms with Crippen molar-refractivity contribution in [3.63, 3.8) is 0 Å². The van der Waals surface area contributed by atoms with Gasteiger partial charge in [-0.2, -0.15) is 0 Å². The van der Waals surface area contributed by atoms with E-state index in [1.54, 1.807) is 6.26 Å². The molecule has 0 spiro atoms. The van der Waals surface area contributed by atoms with Crippen molar-refractivity contribution in [2.45, 2.75) is 51.5 Å². The highest BCUT2D eigenvalue weighted by Crippen LogP contribution is 2.44. The lowest BCUT2D eigenvalue weighted by molar-refractivity contribution is 0.146. The van der Waals surface area contributed by atoms with E-state index < -0.39 is 0 Å². The second-order valence-corrected chi connectivity index (χ2v) is 6.96. The molecule has 25 heavy (non-hydrogen) atoms. The van der Waals surface area contributed by atoms with Crippen molar-refractivity contribution in [2.75, 3.05) is 26.3 Å². The summed E-state index contributed by atoms with van der Waals surface area (Å²) in [5.74, 6) is 3.75. The van der Waals surface area contributed by atoms with Gasteiger partial charge in [-0.1, -0.05) is 6.42 Å². The number of nitrogens with one attached hydrogen (secondary N) is 2. The molecule has 2 bridgehead atoms. The summed E-state index contributed by atoms with van der Waals surface area (Å²) in [4.78, 5) is 4.75. The lowest BCUT2D eigenvalue weighted by Crippen LogP contribution is -2.46. The number of furan rings is 1. The monoisotopic (exact) mass is 461 g/mol. The molecule has 142 valence electrons. The molecular formula is C19H32IN3O2. The average Bonchev–Trinajstić information content (AvgIpc) is 3.32. The molecule has 1 aromatic rings. The van der Waals surface area contributed by atoms with Crippen molar-refractivity contribution in [3.8, 4) is 0 Å². The van der Waals surface area contributed by atoms with E-state index in [4.69, 9.17) is 14.1 Å². The minimum absolute atomic E-state index is 0. The highest BCUT2D eigenvalue weighted by atomic mass is 127. The number of hydrogen-bond donors (Lipinski definition) is 2. The summed E-state index contributed by atoms with van der Waals surface area (Å²) in [6.07, 6.45) is 9.09. The third kappa shape index (κ3) is 6.47. The molecule has 1 heterocycles. The zero-order valence-electron chi connectivity index (χ0n) is 15.2. The normalized spacial score (nSPS) is 25.0. The maximum Gasteiger partial charge on any atom is 0.191 e. The van der Waals surface area contributed by atoms with Crippen LogP contribution in [0.25, 0.3) is 0 Å². The van der Waals surface area contributed by atoms with E-state index in [0.29, 0.717) is 6.04 Å². The quantitative estimate of drug-likeness (QED) is 0.256. The highest BCUT2D eigenvalue weighted by Gasteiger charge is 2.39. The lowest BCUT2D eigenvalue weighted by Gasteiger charge is -2.25. The number of aliphatic imine (C=N–C) groups is 1. The van der Waals surface area contributed by atoms with Crippen molar-refractivity contribution in [2.24, 2.45) is 16.8 Å². The van der Waals surface area contributed by atoms with Gasteiger partial charge in [-0.3, -0.25) is 4.99 Å². The summed E-state index contributed by atoms with van der Waals surface area (Å²) in [6.45, 7) is 5.24. The number of rotatable bonds is 9. The van der Waals surface area contributed by atoms with Gasteiger partial charge in [0.15, 0.2) is 5.96 Å². The number of fused-ring (bicyclic) bond motifs is 2. The molecule has 0 amide bonds. The van der Waals surface area contributed by atoms with Crippen molar-refractivity contribution in [3.05, 3.63) is 24.2 Å². The van der Waals surface area contributed by atoms with Crippen LogP contribution < -0.4 is 10.6 Å². The average molecular weight is 461 g/mol. The number of guanidine groups is 1. The number of ether oxygens (including phenoxy) is 1. The van der Waals surface area contributed by atoms with E-state index >= 15 is 0 Å². The first-order valence-corrected chi connectivity index (χ1v) is 9.50. The maximum absolute atomic E-state index is 5.40. The van der Waals surface area contributed by atoms with Crippen LogP contribution in [0.2, 0.25) is 0 Å². The van der Waals surface area contributed by atoms with E-state index in [-0.39, 0.29) is 24.0 Å². The second-order valence-electron chi connectivity index (χ2n) is 6.96. The van der Waals surface area contributed by atoms with Crippen LogP contribution in [0.4, 0.5) is 0 Å². The van der Waals surface area contributed by atoms with Gasteiger partial charge in [-0.05, 0) is 56.6 Å². The van der Waals surface area contributed by atoms with Gasteiger partial charge in [0.1, 0.15) is 5.76 Å². The number of nitrogens with zero attached hydrogens (tertiary/aromatic N) is 1. The molecule has 0 aliphatic heterocycles. The first-order valence-electron chi connectivity index (χ1n) is 9.50. The Bertz CT molecular complexity index is 507. The van der Waals surface area contributed by atoms with Gasteiger partial charge >= 0.3 is 0 Å². The Labute approximate surface area is 168 Å². The minimum atomic E-state index is 0. The van der Waals surface area contributed by atoms with E-state index in [1.807, 2.05) is 19.1 Å². The van der Waals surface area contributed by atoms with Crippen LogP contribution >= 0.6 is 24.0 Å². The van der Waals surface area contributed by atoms with E-state index in [1.165, 1.54) is 25.7 Å². The smallest absolute Gasteiger partial charge is 0.191 e. The van der Waals surface area contributed by atoms with Gasteiger partial charge in [-0.25, -0.2) is 0 Å². The topological polar surface area (TPSA) is 58.8 Å². The Morgan fingerprint density at radius 2 is 2.28 bits per heavy atom. The molecule has 2 N–H and O–H groups in total. The largest absolute Gasteiger partial charge is 0.469 e. The molecule has 3 rings (SSSR count). The molecule has 0 radical (unpaired) electrons. The first-order chi connectivity index (χ1) is 11.8. The molecule has 5 nitrogen and oxygen atoms in total. The fourth-order valence-corrected chi connectivity index (χ4v) is 4.01. The molecule has 2 aliphatic rings. The lowest BCUT2D eigenvalue weighted by atomic mass is 9.95. The van der Waals surface area contributed by atoms with E-state index in [2.05, 4.69) is 10.6 Å². The molecule has 2 aliphatic carbocycles. The predicted octanol–water partition coefficient (Wildman–Crippen LogP) is 3.59. The van der Waals surface area contributed by atoms with Gasteiger partial charge in [0.05, 0.1) is 6.26 Å². The predicted molar refractivity (Wildman–Crippen MR) is 112 cm³/mol. The Morgan fingerprint density at radius 1 is 1.36 bits per heavy atom. The Morgan fingerprint density at radius 3 is 2.96 bits per heavy atom. The summed E-state index contributed by atoms with van der Waals surface area (Å²) in [5.41, 5.74) is 0.